The third-order valence-electron chi connectivity index (χ3n) is 7.89. The number of hydrogen-bond donors (Lipinski definition) is 0. The number of anilines is 2. The van der Waals surface area contributed by atoms with E-state index in [-0.39, 0.29) is 51.2 Å². The second-order valence-electron chi connectivity index (χ2n) is 10.6. The van der Waals surface area contributed by atoms with Gasteiger partial charge in [-0.15, -0.1) is 0 Å². The molecule has 0 bridgehead atoms. The Morgan fingerprint density at radius 3 is 2.59 bits per heavy atom. The lowest BCUT2D eigenvalue weighted by Crippen LogP contribution is -2.56. The zero-order valence-corrected chi connectivity index (χ0v) is 25.0. The summed E-state index contributed by atoms with van der Waals surface area (Å²) < 4.78 is 43.2. The molecule has 0 radical (unpaired) electrons. The summed E-state index contributed by atoms with van der Waals surface area (Å²) in [7, 11) is 0. The number of amidine groups is 1. The van der Waals surface area contributed by atoms with Gasteiger partial charge in [0, 0.05) is 42.4 Å². The molecular formula is C32H30ClF3N6O2. The summed E-state index contributed by atoms with van der Waals surface area (Å²) in [6, 6.07) is 8.22. The van der Waals surface area contributed by atoms with E-state index in [4.69, 9.17) is 21.6 Å². The van der Waals surface area contributed by atoms with E-state index in [9.17, 15) is 18.4 Å². The molecule has 12 heteroatoms. The van der Waals surface area contributed by atoms with Crippen molar-refractivity contribution in [2.75, 3.05) is 37.9 Å². The van der Waals surface area contributed by atoms with Crippen molar-refractivity contribution >= 4 is 41.1 Å². The smallest absolute Gasteiger partial charge is 0.246 e. The minimum Gasteiger partial charge on any atom is -0.350 e. The molecule has 1 fully saturated rings. The average molecular weight is 623 g/mol. The summed E-state index contributed by atoms with van der Waals surface area (Å²) >= 11 is 6.83. The van der Waals surface area contributed by atoms with Crippen LogP contribution in [0.5, 0.6) is 0 Å². The van der Waals surface area contributed by atoms with Crippen LogP contribution in [0.4, 0.5) is 24.7 Å². The van der Waals surface area contributed by atoms with Crippen molar-refractivity contribution in [3.05, 3.63) is 94.8 Å². The SMILES string of the molecule is C=CC(=O)N1CCN(C2=NC(=C)N(c3c(C(CF)CF)ncc(F)c3C)c3nc(-c4ccccc4C=O)c(Cl)cc32)[C@@H](C)C1. The van der Waals surface area contributed by atoms with Gasteiger partial charge in [0.25, 0.3) is 0 Å². The topological polar surface area (TPSA) is 82.0 Å². The Morgan fingerprint density at radius 1 is 1.20 bits per heavy atom. The lowest BCUT2D eigenvalue weighted by Gasteiger charge is -2.43. The highest BCUT2D eigenvalue weighted by molar-refractivity contribution is 6.34. The Kier molecular flexibility index (Phi) is 8.87. The third kappa shape index (κ3) is 5.36. The second kappa shape index (κ2) is 12.6. The summed E-state index contributed by atoms with van der Waals surface area (Å²) in [5.74, 6) is -1.38. The molecule has 228 valence electrons. The fraction of sp³-hybridized carbons (Fsp3) is 0.281. The summed E-state index contributed by atoms with van der Waals surface area (Å²) in [4.78, 5) is 43.1. The van der Waals surface area contributed by atoms with Crippen molar-refractivity contribution in [2.45, 2.75) is 25.8 Å². The van der Waals surface area contributed by atoms with E-state index in [1.165, 1.54) is 17.9 Å². The molecule has 5 rings (SSSR count). The number of piperazine rings is 1. The van der Waals surface area contributed by atoms with Crippen LogP contribution in [0, 0.1) is 12.7 Å². The van der Waals surface area contributed by atoms with Crippen LogP contribution in [0.15, 0.2) is 66.6 Å². The van der Waals surface area contributed by atoms with E-state index in [2.05, 4.69) is 18.1 Å². The molecule has 0 spiro atoms. The monoisotopic (exact) mass is 622 g/mol. The molecule has 1 atom stereocenters. The zero-order chi connectivity index (χ0) is 31.7. The van der Waals surface area contributed by atoms with E-state index < -0.39 is 25.1 Å². The van der Waals surface area contributed by atoms with Crippen LogP contribution in [0.3, 0.4) is 0 Å². The maximum absolute atomic E-state index is 15.1. The standard InChI is InChI=1S/C32H30ClF3N6O2/c1-5-27(44)40-10-11-41(18(2)16-40)31-24-12-25(33)29(23-9-7-6-8-21(23)17-43)39-32(24)42(20(4)38-31)30-19(3)26(36)15-37-28(30)22(13-34)14-35/h5-9,12,15,17-18,22H,1,4,10-11,13-14,16H2,2-3H3/t18-/m0/s1. The van der Waals surface area contributed by atoms with Gasteiger partial charge in [-0.25, -0.2) is 14.4 Å². The molecule has 2 aliphatic heterocycles. The predicted octanol–water partition coefficient (Wildman–Crippen LogP) is 6.17. The molecular weight excluding hydrogens is 593 g/mol. The number of hydrogen-bond acceptors (Lipinski definition) is 7. The van der Waals surface area contributed by atoms with Gasteiger partial charge in [0.05, 0.1) is 39.8 Å². The Hall–Kier alpha value is -4.51. The first kappa shape index (κ1) is 30.9. The van der Waals surface area contributed by atoms with Crippen LogP contribution < -0.4 is 4.90 Å². The predicted molar refractivity (Wildman–Crippen MR) is 164 cm³/mol. The molecule has 0 unspecified atom stereocenters. The first-order valence-electron chi connectivity index (χ1n) is 13.9. The molecule has 2 aliphatic rings. The molecule has 0 N–H and O–H groups in total. The summed E-state index contributed by atoms with van der Waals surface area (Å²) in [5.41, 5.74) is 1.62. The Morgan fingerprint density at radius 2 is 1.93 bits per heavy atom. The van der Waals surface area contributed by atoms with Crippen molar-refractivity contribution in [1.82, 2.24) is 19.8 Å². The number of aldehydes is 1. The number of rotatable bonds is 7. The lowest BCUT2D eigenvalue weighted by atomic mass is 9.99. The number of pyridine rings is 2. The minimum absolute atomic E-state index is 0.0174. The fourth-order valence-electron chi connectivity index (χ4n) is 5.59. The second-order valence-corrected chi connectivity index (χ2v) is 11.0. The lowest BCUT2D eigenvalue weighted by molar-refractivity contribution is -0.128. The van der Waals surface area contributed by atoms with E-state index in [0.29, 0.717) is 48.4 Å². The summed E-state index contributed by atoms with van der Waals surface area (Å²) in [5, 5.41) is 0.214. The Labute approximate surface area is 258 Å². The van der Waals surface area contributed by atoms with Crippen molar-refractivity contribution in [1.29, 1.82) is 0 Å². The summed E-state index contributed by atoms with van der Waals surface area (Å²) in [6.45, 7) is 10.2. The molecule has 4 heterocycles. The molecule has 8 nitrogen and oxygen atoms in total. The maximum Gasteiger partial charge on any atom is 0.246 e. The van der Waals surface area contributed by atoms with Crippen LogP contribution >= 0.6 is 11.6 Å². The molecule has 1 aromatic carbocycles. The molecule has 44 heavy (non-hydrogen) atoms. The zero-order valence-electron chi connectivity index (χ0n) is 24.2. The minimum atomic E-state index is -1.27. The van der Waals surface area contributed by atoms with Crippen molar-refractivity contribution in [2.24, 2.45) is 4.99 Å². The third-order valence-corrected chi connectivity index (χ3v) is 8.17. The van der Waals surface area contributed by atoms with Crippen LogP contribution in [0.25, 0.3) is 11.3 Å². The van der Waals surface area contributed by atoms with Gasteiger partial charge in [-0.1, -0.05) is 49.0 Å². The molecule has 2 aromatic heterocycles. The van der Waals surface area contributed by atoms with Gasteiger partial charge < -0.3 is 9.80 Å². The largest absolute Gasteiger partial charge is 0.350 e. The molecule has 3 aromatic rings. The van der Waals surface area contributed by atoms with E-state index >= 15 is 4.39 Å². The van der Waals surface area contributed by atoms with Crippen LogP contribution in [-0.4, -0.2) is 76.8 Å². The molecule has 1 saturated heterocycles. The number of amides is 1. The van der Waals surface area contributed by atoms with Crippen LogP contribution in [-0.2, 0) is 4.79 Å². The summed E-state index contributed by atoms with van der Waals surface area (Å²) in [6.07, 6.45) is 2.89. The number of alkyl halides is 2. The van der Waals surface area contributed by atoms with Crippen molar-refractivity contribution in [3.8, 4) is 11.3 Å². The van der Waals surface area contributed by atoms with Gasteiger partial charge in [-0.2, -0.15) is 0 Å². The number of carbonyl (C=O) groups excluding carboxylic acids is 2. The number of benzene rings is 1. The quantitative estimate of drug-likeness (QED) is 0.232. The number of aliphatic imine (C=N–C) groups is 1. The highest BCUT2D eigenvalue weighted by atomic mass is 35.5. The highest BCUT2D eigenvalue weighted by Gasteiger charge is 2.37. The highest BCUT2D eigenvalue weighted by Crippen LogP contribution is 2.44. The number of aromatic nitrogens is 2. The Bertz CT molecular complexity index is 1690. The number of nitrogens with zero attached hydrogens (tertiary/aromatic N) is 6. The normalized spacial score (nSPS) is 16.6. The number of fused-ring (bicyclic) bond motifs is 1. The average Bonchev–Trinajstić information content (AvgIpc) is 3.03. The first-order chi connectivity index (χ1) is 21.1. The van der Waals surface area contributed by atoms with Crippen molar-refractivity contribution < 1.29 is 22.8 Å². The molecule has 0 aliphatic carbocycles. The molecule has 1 amide bonds. The van der Waals surface area contributed by atoms with Gasteiger partial charge >= 0.3 is 0 Å². The maximum atomic E-state index is 15.1. The van der Waals surface area contributed by atoms with Crippen molar-refractivity contribution in [3.63, 3.8) is 0 Å². The van der Waals surface area contributed by atoms with Crippen LogP contribution in [0.1, 0.15) is 40.0 Å². The van der Waals surface area contributed by atoms with E-state index in [0.717, 1.165) is 6.20 Å². The molecule has 0 saturated carbocycles. The van der Waals surface area contributed by atoms with Gasteiger partial charge in [0.1, 0.15) is 30.8 Å². The fourth-order valence-corrected chi connectivity index (χ4v) is 5.84. The van der Waals surface area contributed by atoms with Gasteiger partial charge in [0.15, 0.2) is 12.1 Å². The number of halogens is 4. The Balaban J connectivity index is 1.75. The van der Waals surface area contributed by atoms with Gasteiger partial charge in [-0.05, 0) is 26.0 Å². The van der Waals surface area contributed by atoms with Gasteiger partial charge in [0.2, 0.25) is 5.91 Å². The van der Waals surface area contributed by atoms with E-state index in [1.807, 2.05) is 11.8 Å². The van der Waals surface area contributed by atoms with Crippen LogP contribution in [0.2, 0.25) is 5.02 Å². The first-order valence-corrected chi connectivity index (χ1v) is 14.3. The van der Waals surface area contributed by atoms with Gasteiger partial charge in [-0.3, -0.25) is 28.3 Å². The van der Waals surface area contributed by atoms with E-state index in [1.54, 1.807) is 35.2 Å². The number of carbonyl (C=O) groups is 2.